The van der Waals surface area contributed by atoms with Crippen LogP contribution in [0.1, 0.15) is 17.8 Å². The molecule has 0 aliphatic heterocycles. The second kappa shape index (κ2) is 7.45. The molecule has 18 heavy (non-hydrogen) atoms. The van der Waals surface area contributed by atoms with Gasteiger partial charge in [-0.3, -0.25) is 9.48 Å². The fraction of sp³-hybridized carbons (Fsp3) is 0.583. The Hall–Kier alpha value is -1.87. The summed E-state index contributed by atoms with van der Waals surface area (Å²) in [6.07, 6.45) is 0.910. The van der Waals surface area contributed by atoms with Gasteiger partial charge in [0, 0.05) is 12.2 Å². The summed E-state index contributed by atoms with van der Waals surface area (Å²) in [6.45, 7) is 5.90. The van der Waals surface area contributed by atoms with Crippen molar-refractivity contribution in [2.45, 2.75) is 26.8 Å². The SMILES string of the molecule is Cc1cc(C)n(CCCNCC(=O)NCC#N)n1. The van der Waals surface area contributed by atoms with Crippen LogP contribution in [0.4, 0.5) is 0 Å². The highest BCUT2D eigenvalue weighted by atomic mass is 16.1. The highest BCUT2D eigenvalue weighted by molar-refractivity contribution is 5.78. The zero-order valence-electron chi connectivity index (χ0n) is 10.9. The fourth-order valence-corrected chi connectivity index (χ4v) is 1.66. The molecular weight excluding hydrogens is 230 g/mol. The number of aromatic nitrogens is 2. The van der Waals surface area contributed by atoms with Gasteiger partial charge in [-0.15, -0.1) is 0 Å². The molecule has 6 heteroatoms. The maximum Gasteiger partial charge on any atom is 0.234 e. The van der Waals surface area contributed by atoms with Gasteiger partial charge in [-0.05, 0) is 32.9 Å². The summed E-state index contributed by atoms with van der Waals surface area (Å²) in [6, 6.07) is 3.90. The molecule has 0 aromatic carbocycles. The van der Waals surface area contributed by atoms with E-state index in [9.17, 15) is 4.79 Å². The van der Waals surface area contributed by atoms with E-state index in [0.29, 0.717) is 0 Å². The van der Waals surface area contributed by atoms with Crippen LogP contribution in [0.25, 0.3) is 0 Å². The Balaban J connectivity index is 2.11. The number of amides is 1. The summed E-state index contributed by atoms with van der Waals surface area (Å²) in [4.78, 5) is 11.2. The summed E-state index contributed by atoms with van der Waals surface area (Å²) >= 11 is 0. The van der Waals surface area contributed by atoms with Crippen LogP contribution >= 0.6 is 0 Å². The number of nitrogens with zero attached hydrogens (tertiary/aromatic N) is 3. The summed E-state index contributed by atoms with van der Waals surface area (Å²) in [5.41, 5.74) is 2.18. The van der Waals surface area contributed by atoms with Crippen molar-refractivity contribution in [3.63, 3.8) is 0 Å². The molecule has 1 heterocycles. The molecular formula is C12H19N5O. The largest absolute Gasteiger partial charge is 0.342 e. The Bertz CT molecular complexity index is 432. The summed E-state index contributed by atoms with van der Waals surface area (Å²) in [5, 5.41) is 18.1. The van der Waals surface area contributed by atoms with Crippen molar-refractivity contribution in [1.29, 1.82) is 5.26 Å². The molecule has 1 aromatic rings. The number of rotatable bonds is 7. The van der Waals surface area contributed by atoms with Crippen molar-refractivity contribution < 1.29 is 4.79 Å². The van der Waals surface area contributed by atoms with Crippen LogP contribution in [0.3, 0.4) is 0 Å². The normalized spacial score (nSPS) is 10.1. The zero-order valence-corrected chi connectivity index (χ0v) is 10.9. The van der Waals surface area contributed by atoms with E-state index in [1.165, 1.54) is 0 Å². The molecule has 0 aliphatic carbocycles. The minimum atomic E-state index is -0.150. The first-order valence-electron chi connectivity index (χ1n) is 5.99. The van der Waals surface area contributed by atoms with Gasteiger partial charge in [0.2, 0.25) is 5.91 Å². The van der Waals surface area contributed by atoms with Crippen molar-refractivity contribution in [1.82, 2.24) is 20.4 Å². The van der Waals surface area contributed by atoms with Crippen LogP contribution in [-0.4, -0.2) is 35.3 Å². The van der Waals surface area contributed by atoms with Gasteiger partial charge in [-0.1, -0.05) is 0 Å². The Morgan fingerprint density at radius 3 is 2.94 bits per heavy atom. The quantitative estimate of drug-likeness (QED) is 0.531. The van der Waals surface area contributed by atoms with Gasteiger partial charge in [-0.2, -0.15) is 10.4 Å². The topological polar surface area (TPSA) is 82.7 Å². The van der Waals surface area contributed by atoms with E-state index in [0.717, 1.165) is 30.9 Å². The number of carbonyl (C=O) groups excluding carboxylic acids is 1. The maximum atomic E-state index is 11.2. The van der Waals surface area contributed by atoms with Crippen LogP contribution in [0.5, 0.6) is 0 Å². The van der Waals surface area contributed by atoms with E-state index in [-0.39, 0.29) is 19.0 Å². The molecule has 1 amide bonds. The summed E-state index contributed by atoms with van der Waals surface area (Å²) in [7, 11) is 0. The monoisotopic (exact) mass is 249 g/mol. The zero-order chi connectivity index (χ0) is 13.4. The lowest BCUT2D eigenvalue weighted by atomic mass is 10.4. The predicted molar refractivity (Wildman–Crippen MR) is 67.8 cm³/mol. The molecule has 1 rings (SSSR count). The van der Waals surface area contributed by atoms with E-state index in [1.807, 2.05) is 30.7 Å². The standard InChI is InChI=1S/C12H19N5O/c1-10-8-11(2)17(16-10)7-3-5-14-9-12(18)15-6-4-13/h8,14H,3,5-7,9H2,1-2H3,(H,15,18). The smallest absolute Gasteiger partial charge is 0.234 e. The molecule has 6 nitrogen and oxygen atoms in total. The highest BCUT2D eigenvalue weighted by Crippen LogP contribution is 2.01. The van der Waals surface area contributed by atoms with Gasteiger partial charge in [0.25, 0.3) is 0 Å². The first-order chi connectivity index (χ1) is 8.63. The van der Waals surface area contributed by atoms with Crippen molar-refractivity contribution in [3.05, 3.63) is 17.5 Å². The molecule has 1 aromatic heterocycles. The van der Waals surface area contributed by atoms with Gasteiger partial charge in [0.1, 0.15) is 6.54 Å². The van der Waals surface area contributed by atoms with Crippen LogP contribution < -0.4 is 10.6 Å². The molecule has 0 fully saturated rings. The molecule has 98 valence electrons. The molecule has 0 radical (unpaired) electrons. The van der Waals surface area contributed by atoms with Gasteiger partial charge in [0.15, 0.2) is 0 Å². The molecule has 0 bridgehead atoms. The number of carbonyl (C=O) groups is 1. The Kier molecular flexibility index (Phi) is 5.88. The van der Waals surface area contributed by atoms with Crippen molar-refractivity contribution >= 4 is 5.91 Å². The third-order valence-corrected chi connectivity index (χ3v) is 2.48. The number of hydrogen-bond donors (Lipinski definition) is 2. The average molecular weight is 249 g/mol. The lowest BCUT2D eigenvalue weighted by molar-refractivity contribution is -0.120. The van der Waals surface area contributed by atoms with Crippen LogP contribution in [0, 0.1) is 25.2 Å². The first kappa shape index (κ1) is 14.2. The van der Waals surface area contributed by atoms with E-state index in [4.69, 9.17) is 5.26 Å². The highest BCUT2D eigenvalue weighted by Gasteiger charge is 2.01. The Labute approximate surface area is 107 Å². The first-order valence-corrected chi connectivity index (χ1v) is 5.99. The lowest BCUT2D eigenvalue weighted by Crippen LogP contribution is -2.34. The minimum absolute atomic E-state index is 0.0618. The van der Waals surface area contributed by atoms with E-state index in [2.05, 4.69) is 15.7 Å². The Morgan fingerprint density at radius 1 is 1.56 bits per heavy atom. The second-order valence-electron chi connectivity index (χ2n) is 4.12. The van der Waals surface area contributed by atoms with E-state index < -0.39 is 0 Å². The van der Waals surface area contributed by atoms with Gasteiger partial charge in [0.05, 0.1) is 18.3 Å². The van der Waals surface area contributed by atoms with Gasteiger partial charge in [-0.25, -0.2) is 0 Å². The molecule has 0 spiro atoms. The van der Waals surface area contributed by atoms with E-state index in [1.54, 1.807) is 0 Å². The van der Waals surface area contributed by atoms with Crippen molar-refractivity contribution in [2.24, 2.45) is 0 Å². The third-order valence-electron chi connectivity index (χ3n) is 2.48. The van der Waals surface area contributed by atoms with E-state index >= 15 is 0 Å². The van der Waals surface area contributed by atoms with Crippen molar-refractivity contribution in [3.8, 4) is 6.07 Å². The number of nitrogens with one attached hydrogen (secondary N) is 2. The van der Waals surface area contributed by atoms with Crippen LogP contribution in [0.15, 0.2) is 6.07 Å². The third kappa shape index (κ3) is 4.97. The fourth-order valence-electron chi connectivity index (χ4n) is 1.66. The summed E-state index contributed by atoms with van der Waals surface area (Å²) < 4.78 is 1.97. The molecule has 0 atom stereocenters. The van der Waals surface area contributed by atoms with Crippen molar-refractivity contribution in [2.75, 3.05) is 19.6 Å². The van der Waals surface area contributed by atoms with Crippen LogP contribution in [-0.2, 0) is 11.3 Å². The van der Waals surface area contributed by atoms with Gasteiger partial charge >= 0.3 is 0 Å². The maximum absolute atomic E-state index is 11.2. The molecule has 2 N–H and O–H groups in total. The van der Waals surface area contributed by atoms with Gasteiger partial charge < -0.3 is 10.6 Å². The number of aryl methyl sites for hydroxylation is 3. The molecule has 0 saturated heterocycles. The van der Waals surface area contributed by atoms with Crippen LogP contribution in [0.2, 0.25) is 0 Å². The number of hydrogen-bond acceptors (Lipinski definition) is 4. The minimum Gasteiger partial charge on any atom is -0.342 e. The summed E-state index contributed by atoms with van der Waals surface area (Å²) in [5.74, 6) is -0.150. The number of nitriles is 1. The average Bonchev–Trinajstić information content (AvgIpc) is 2.65. The Morgan fingerprint density at radius 2 is 2.33 bits per heavy atom. The second-order valence-corrected chi connectivity index (χ2v) is 4.12. The molecule has 0 saturated carbocycles. The predicted octanol–water partition coefficient (Wildman–Crippen LogP) is 0.119. The molecule has 0 unspecified atom stereocenters. The lowest BCUT2D eigenvalue weighted by Gasteiger charge is -2.06. The molecule has 0 aliphatic rings.